The molecule has 2 heterocycles. The number of furan rings is 1. The Balaban J connectivity index is 1.83. The summed E-state index contributed by atoms with van der Waals surface area (Å²) >= 11 is 0. The SMILES string of the molecule is CCC1CCN(Cc2c(C)oc3ccccc23)C(CN)C1. The van der Waals surface area contributed by atoms with E-state index in [1.54, 1.807) is 0 Å². The topological polar surface area (TPSA) is 42.4 Å². The molecular formula is C18H26N2O. The van der Waals surface area contributed by atoms with Crippen molar-refractivity contribution >= 4 is 11.0 Å². The lowest BCUT2D eigenvalue weighted by Gasteiger charge is -2.38. The van der Waals surface area contributed by atoms with Crippen LogP contribution in [0, 0.1) is 12.8 Å². The van der Waals surface area contributed by atoms with Gasteiger partial charge >= 0.3 is 0 Å². The molecule has 1 aliphatic rings. The summed E-state index contributed by atoms with van der Waals surface area (Å²) in [7, 11) is 0. The largest absolute Gasteiger partial charge is 0.461 e. The minimum absolute atomic E-state index is 0.511. The number of para-hydroxylation sites is 1. The maximum Gasteiger partial charge on any atom is 0.134 e. The highest BCUT2D eigenvalue weighted by Gasteiger charge is 2.27. The van der Waals surface area contributed by atoms with Crippen LogP contribution in [0.2, 0.25) is 0 Å². The number of aryl methyl sites for hydroxylation is 1. The zero-order valence-corrected chi connectivity index (χ0v) is 13.1. The minimum atomic E-state index is 0.511. The van der Waals surface area contributed by atoms with E-state index >= 15 is 0 Å². The summed E-state index contributed by atoms with van der Waals surface area (Å²) in [4.78, 5) is 2.55. The van der Waals surface area contributed by atoms with E-state index in [9.17, 15) is 0 Å². The second-order valence-electron chi connectivity index (χ2n) is 6.29. The molecule has 1 saturated heterocycles. The summed E-state index contributed by atoms with van der Waals surface area (Å²) in [6.45, 7) is 7.24. The van der Waals surface area contributed by atoms with Crippen molar-refractivity contribution in [3.63, 3.8) is 0 Å². The molecule has 1 aromatic carbocycles. The quantitative estimate of drug-likeness (QED) is 0.932. The number of hydrogen-bond acceptors (Lipinski definition) is 3. The highest BCUT2D eigenvalue weighted by atomic mass is 16.3. The normalized spacial score (nSPS) is 23.8. The van der Waals surface area contributed by atoms with E-state index in [4.69, 9.17) is 10.2 Å². The van der Waals surface area contributed by atoms with Gasteiger partial charge in [0.2, 0.25) is 0 Å². The molecule has 3 rings (SSSR count). The fourth-order valence-corrected chi connectivity index (χ4v) is 3.63. The monoisotopic (exact) mass is 286 g/mol. The van der Waals surface area contributed by atoms with E-state index < -0.39 is 0 Å². The Labute approximate surface area is 127 Å². The second kappa shape index (κ2) is 6.20. The van der Waals surface area contributed by atoms with E-state index in [1.807, 2.05) is 6.07 Å². The molecule has 0 bridgehead atoms. The van der Waals surface area contributed by atoms with Gasteiger partial charge in [0.15, 0.2) is 0 Å². The van der Waals surface area contributed by atoms with Gasteiger partial charge in [-0.05, 0) is 38.3 Å². The smallest absolute Gasteiger partial charge is 0.134 e. The summed E-state index contributed by atoms with van der Waals surface area (Å²) in [5, 5.41) is 1.25. The number of fused-ring (bicyclic) bond motifs is 1. The minimum Gasteiger partial charge on any atom is -0.461 e. The summed E-state index contributed by atoms with van der Waals surface area (Å²) in [5.41, 5.74) is 8.36. The fraction of sp³-hybridized carbons (Fsp3) is 0.556. The van der Waals surface area contributed by atoms with Crippen molar-refractivity contribution in [1.29, 1.82) is 0 Å². The summed E-state index contributed by atoms with van der Waals surface area (Å²) in [5.74, 6) is 1.89. The Morgan fingerprint density at radius 3 is 2.90 bits per heavy atom. The average Bonchev–Trinajstić information content (AvgIpc) is 2.83. The molecule has 3 heteroatoms. The van der Waals surface area contributed by atoms with Crippen LogP contribution in [0.25, 0.3) is 11.0 Å². The Kier molecular flexibility index (Phi) is 4.32. The van der Waals surface area contributed by atoms with Crippen LogP contribution in [0.15, 0.2) is 28.7 Å². The first kappa shape index (κ1) is 14.6. The predicted molar refractivity (Wildman–Crippen MR) is 87.2 cm³/mol. The lowest BCUT2D eigenvalue weighted by Crippen LogP contribution is -2.46. The molecule has 0 saturated carbocycles. The molecule has 1 fully saturated rings. The van der Waals surface area contributed by atoms with Crippen molar-refractivity contribution in [2.45, 2.75) is 45.7 Å². The molecule has 1 aliphatic heterocycles. The number of nitrogens with zero attached hydrogens (tertiary/aromatic N) is 1. The number of piperidine rings is 1. The van der Waals surface area contributed by atoms with Crippen LogP contribution in [0.5, 0.6) is 0 Å². The van der Waals surface area contributed by atoms with Crippen molar-refractivity contribution in [2.75, 3.05) is 13.1 Å². The van der Waals surface area contributed by atoms with Gasteiger partial charge in [-0.1, -0.05) is 31.5 Å². The molecule has 2 atom stereocenters. The third kappa shape index (κ3) is 2.85. The van der Waals surface area contributed by atoms with E-state index in [-0.39, 0.29) is 0 Å². The first-order chi connectivity index (χ1) is 10.2. The number of likely N-dealkylation sites (tertiary alicyclic amines) is 1. The predicted octanol–water partition coefficient (Wildman–Crippen LogP) is 3.69. The van der Waals surface area contributed by atoms with Gasteiger partial charge in [-0.3, -0.25) is 4.90 Å². The van der Waals surface area contributed by atoms with Crippen LogP contribution in [-0.4, -0.2) is 24.0 Å². The van der Waals surface area contributed by atoms with E-state index in [0.717, 1.165) is 36.9 Å². The molecule has 21 heavy (non-hydrogen) atoms. The van der Waals surface area contributed by atoms with Crippen molar-refractivity contribution in [1.82, 2.24) is 4.90 Å². The average molecular weight is 286 g/mol. The molecule has 1 aromatic heterocycles. The molecule has 114 valence electrons. The van der Waals surface area contributed by atoms with Crippen LogP contribution in [-0.2, 0) is 6.54 Å². The number of hydrogen-bond donors (Lipinski definition) is 1. The van der Waals surface area contributed by atoms with E-state index in [1.165, 1.54) is 30.2 Å². The van der Waals surface area contributed by atoms with Gasteiger partial charge in [-0.25, -0.2) is 0 Å². The molecule has 0 spiro atoms. The Morgan fingerprint density at radius 1 is 1.33 bits per heavy atom. The Hall–Kier alpha value is -1.32. The lowest BCUT2D eigenvalue weighted by atomic mass is 9.88. The van der Waals surface area contributed by atoms with Crippen LogP contribution in [0.1, 0.15) is 37.5 Å². The van der Waals surface area contributed by atoms with Gasteiger partial charge in [-0.2, -0.15) is 0 Å². The zero-order chi connectivity index (χ0) is 14.8. The fourth-order valence-electron chi connectivity index (χ4n) is 3.63. The molecule has 0 radical (unpaired) electrons. The molecular weight excluding hydrogens is 260 g/mol. The van der Waals surface area contributed by atoms with E-state index in [0.29, 0.717) is 6.04 Å². The van der Waals surface area contributed by atoms with Gasteiger partial charge in [0.1, 0.15) is 11.3 Å². The second-order valence-corrected chi connectivity index (χ2v) is 6.29. The van der Waals surface area contributed by atoms with Crippen LogP contribution in [0.3, 0.4) is 0 Å². The molecule has 0 aliphatic carbocycles. The van der Waals surface area contributed by atoms with Gasteiger partial charge in [0.05, 0.1) is 0 Å². The maximum absolute atomic E-state index is 6.03. The Bertz CT molecular complexity index is 604. The highest BCUT2D eigenvalue weighted by Crippen LogP contribution is 2.30. The third-order valence-electron chi connectivity index (χ3n) is 5.06. The Morgan fingerprint density at radius 2 is 2.14 bits per heavy atom. The molecule has 0 amide bonds. The third-order valence-corrected chi connectivity index (χ3v) is 5.06. The van der Waals surface area contributed by atoms with Gasteiger partial charge in [-0.15, -0.1) is 0 Å². The number of nitrogens with two attached hydrogens (primary N) is 1. The van der Waals surface area contributed by atoms with Crippen molar-refractivity contribution < 1.29 is 4.42 Å². The van der Waals surface area contributed by atoms with Crippen molar-refractivity contribution in [3.8, 4) is 0 Å². The zero-order valence-electron chi connectivity index (χ0n) is 13.1. The number of rotatable bonds is 4. The number of benzene rings is 1. The van der Waals surface area contributed by atoms with Crippen LogP contribution in [0.4, 0.5) is 0 Å². The standard InChI is InChI=1S/C18H26N2O/c1-3-14-8-9-20(15(10-14)11-19)12-17-13(2)21-18-7-5-4-6-16(17)18/h4-7,14-15H,3,8-12,19H2,1-2H3. The summed E-state index contributed by atoms with van der Waals surface area (Å²) in [6.07, 6.45) is 3.81. The first-order valence-electron chi connectivity index (χ1n) is 8.14. The van der Waals surface area contributed by atoms with E-state index in [2.05, 4.69) is 36.9 Å². The summed E-state index contributed by atoms with van der Waals surface area (Å²) < 4.78 is 5.89. The van der Waals surface area contributed by atoms with Gasteiger partial charge < -0.3 is 10.2 Å². The van der Waals surface area contributed by atoms with Crippen LogP contribution < -0.4 is 5.73 Å². The highest BCUT2D eigenvalue weighted by molar-refractivity contribution is 5.82. The van der Waals surface area contributed by atoms with Crippen molar-refractivity contribution in [3.05, 3.63) is 35.6 Å². The molecule has 3 nitrogen and oxygen atoms in total. The molecule has 2 aromatic rings. The lowest BCUT2D eigenvalue weighted by molar-refractivity contribution is 0.107. The van der Waals surface area contributed by atoms with Gasteiger partial charge in [0, 0.05) is 30.1 Å². The molecule has 2 N–H and O–H groups in total. The summed E-state index contributed by atoms with van der Waals surface area (Å²) in [6, 6.07) is 8.85. The maximum atomic E-state index is 6.03. The molecule has 2 unspecified atom stereocenters. The van der Waals surface area contributed by atoms with Crippen molar-refractivity contribution in [2.24, 2.45) is 11.7 Å². The van der Waals surface area contributed by atoms with Gasteiger partial charge in [0.25, 0.3) is 0 Å². The first-order valence-corrected chi connectivity index (χ1v) is 8.14. The van der Waals surface area contributed by atoms with Crippen LogP contribution >= 0.6 is 0 Å².